The summed E-state index contributed by atoms with van der Waals surface area (Å²) in [5, 5.41) is 17.6. The first-order valence-electron chi connectivity index (χ1n) is 4.41. The average Bonchev–Trinajstić information content (AvgIpc) is 2.18. The van der Waals surface area contributed by atoms with Crippen LogP contribution in [0.4, 0.5) is 0 Å². The first kappa shape index (κ1) is 12.5. The third-order valence-corrected chi connectivity index (χ3v) is 3.37. The molecule has 5 heteroatoms. The molecule has 0 aromatic heterocycles. The molecule has 0 aliphatic carbocycles. The van der Waals surface area contributed by atoms with E-state index in [1.54, 1.807) is 18.2 Å². The van der Waals surface area contributed by atoms with Gasteiger partial charge in [0.1, 0.15) is 0 Å². The SMILES string of the molecule is O=C(O)c1ccc(Br)cc1SCCCO. The molecule has 0 heterocycles. The highest BCUT2D eigenvalue weighted by Gasteiger charge is 2.10. The van der Waals surface area contributed by atoms with Gasteiger partial charge in [-0.1, -0.05) is 15.9 Å². The number of carboxylic acid groups (broad SMARTS) is 1. The number of carbonyl (C=O) groups is 1. The van der Waals surface area contributed by atoms with Gasteiger partial charge >= 0.3 is 5.97 Å². The second kappa shape index (κ2) is 6.15. The van der Waals surface area contributed by atoms with Crippen LogP contribution in [0.2, 0.25) is 0 Å². The lowest BCUT2D eigenvalue weighted by Crippen LogP contribution is -1.99. The molecule has 0 saturated heterocycles. The number of rotatable bonds is 5. The molecular weight excluding hydrogens is 280 g/mol. The van der Waals surface area contributed by atoms with Crippen molar-refractivity contribution in [3.63, 3.8) is 0 Å². The lowest BCUT2D eigenvalue weighted by Gasteiger charge is -2.05. The summed E-state index contributed by atoms with van der Waals surface area (Å²) in [7, 11) is 0. The summed E-state index contributed by atoms with van der Waals surface area (Å²) >= 11 is 4.74. The van der Waals surface area contributed by atoms with Gasteiger partial charge in [-0.2, -0.15) is 0 Å². The third kappa shape index (κ3) is 3.85. The number of carboxylic acids is 1. The Labute approximate surface area is 101 Å². The van der Waals surface area contributed by atoms with Gasteiger partial charge in [-0.3, -0.25) is 0 Å². The van der Waals surface area contributed by atoms with Crippen molar-refractivity contribution in [2.45, 2.75) is 11.3 Å². The quantitative estimate of drug-likeness (QED) is 0.647. The van der Waals surface area contributed by atoms with E-state index < -0.39 is 5.97 Å². The number of hydrogen-bond acceptors (Lipinski definition) is 3. The maximum Gasteiger partial charge on any atom is 0.336 e. The number of aromatic carboxylic acids is 1. The van der Waals surface area contributed by atoms with E-state index in [-0.39, 0.29) is 6.61 Å². The van der Waals surface area contributed by atoms with Crippen LogP contribution in [-0.4, -0.2) is 28.5 Å². The summed E-state index contributed by atoms with van der Waals surface area (Å²) < 4.78 is 0.860. The van der Waals surface area contributed by atoms with Gasteiger partial charge in [0, 0.05) is 21.7 Å². The molecule has 0 unspecified atom stereocenters. The van der Waals surface area contributed by atoms with Gasteiger partial charge in [-0.15, -0.1) is 11.8 Å². The minimum atomic E-state index is -0.922. The maximum atomic E-state index is 10.9. The van der Waals surface area contributed by atoms with Crippen molar-refractivity contribution in [2.24, 2.45) is 0 Å². The molecule has 0 fully saturated rings. The molecule has 1 aromatic rings. The fraction of sp³-hybridized carbons (Fsp3) is 0.300. The summed E-state index contributed by atoms with van der Waals surface area (Å²) in [4.78, 5) is 11.6. The number of halogens is 1. The van der Waals surface area contributed by atoms with Crippen LogP contribution in [0.3, 0.4) is 0 Å². The van der Waals surface area contributed by atoms with Crippen molar-refractivity contribution in [1.29, 1.82) is 0 Å². The fourth-order valence-corrected chi connectivity index (χ4v) is 2.57. The molecule has 0 amide bonds. The monoisotopic (exact) mass is 290 g/mol. The molecule has 1 rings (SSSR count). The van der Waals surface area contributed by atoms with Crippen LogP contribution < -0.4 is 0 Å². The number of benzene rings is 1. The molecule has 0 bridgehead atoms. The Morgan fingerprint density at radius 3 is 2.80 bits per heavy atom. The Kier molecular flexibility index (Phi) is 5.14. The molecule has 0 saturated carbocycles. The molecule has 3 nitrogen and oxygen atoms in total. The normalized spacial score (nSPS) is 10.3. The van der Waals surface area contributed by atoms with Crippen LogP contribution in [-0.2, 0) is 0 Å². The van der Waals surface area contributed by atoms with Crippen molar-refractivity contribution in [2.75, 3.05) is 12.4 Å². The van der Waals surface area contributed by atoms with Crippen LogP contribution >= 0.6 is 27.7 Å². The van der Waals surface area contributed by atoms with E-state index in [9.17, 15) is 4.79 Å². The molecule has 1 aromatic carbocycles. The van der Waals surface area contributed by atoms with Gasteiger partial charge in [0.15, 0.2) is 0 Å². The van der Waals surface area contributed by atoms with E-state index in [0.717, 1.165) is 9.37 Å². The van der Waals surface area contributed by atoms with Gasteiger partial charge in [0.25, 0.3) is 0 Å². The zero-order chi connectivity index (χ0) is 11.3. The second-order valence-corrected chi connectivity index (χ2v) is 4.92. The summed E-state index contributed by atoms with van der Waals surface area (Å²) in [6.45, 7) is 0.128. The third-order valence-electron chi connectivity index (χ3n) is 1.73. The number of aliphatic hydroxyl groups is 1. The van der Waals surface area contributed by atoms with Crippen molar-refractivity contribution < 1.29 is 15.0 Å². The summed E-state index contributed by atoms with van der Waals surface area (Å²) in [6.07, 6.45) is 0.663. The highest BCUT2D eigenvalue weighted by atomic mass is 79.9. The minimum absolute atomic E-state index is 0.128. The topological polar surface area (TPSA) is 57.5 Å². The van der Waals surface area contributed by atoms with Gasteiger partial charge in [0.2, 0.25) is 0 Å². The summed E-state index contributed by atoms with van der Waals surface area (Å²) in [5.74, 6) is -0.207. The Morgan fingerprint density at radius 1 is 1.47 bits per heavy atom. The average molecular weight is 291 g/mol. The minimum Gasteiger partial charge on any atom is -0.478 e. The van der Waals surface area contributed by atoms with E-state index in [2.05, 4.69) is 15.9 Å². The Balaban J connectivity index is 2.82. The molecule has 0 aliphatic rings. The van der Waals surface area contributed by atoms with Crippen molar-refractivity contribution >= 4 is 33.7 Å². The first-order chi connectivity index (χ1) is 7.15. The molecule has 82 valence electrons. The molecule has 0 radical (unpaired) electrons. The smallest absolute Gasteiger partial charge is 0.336 e. The van der Waals surface area contributed by atoms with E-state index >= 15 is 0 Å². The van der Waals surface area contributed by atoms with E-state index in [0.29, 0.717) is 17.7 Å². The highest BCUT2D eigenvalue weighted by molar-refractivity contribution is 9.10. The molecule has 0 atom stereocenters. The Morgan fingerprint density at radius 2 is 2.20 bits per heavy atom. The number of aliphatic hydroxyl groups excluding tert-OH is 1. The van der Waals surface area contributed by atoms with Gasteiger partial charge in [-0.25, -0.2) is 4.79 Å². The van der Waals surface area contributed by atoms with Crippen LogP contribution in [0.15, 0.2) is 27.6 Å². The van der Waals surface area contributed by atoms with Crippen molar-refractivity contribution in [1.82, 2.24) is 0 Å². The van der Waals surface area contributed by atoms with Crippen molar-refractivity contribution in [3.8, 4) is 0 Å². The molecule has 0 aliphatic heterocycles. The van der Waals surface area contributed by atoms with E-state index in [1.807, 2.05) is 0 Å². The Bertz CT molecular complexity index is 355. The highest BCUT2D eigenvalue weighted by Crippen LogP contribution is 2.26. The largest absolute Gasteiger partial charge is 0.478 e. The molecule has 0 spiro atoms. The Hall–Kier alpha value is -0.520. The van der Waals surface area contributed by atoms with E-state index in [1.165, 1.54) is 11.8 Å². The van der Waals surface area contributed by atoms with Gasteiger partial charge in [-0.05, 0) is 24.6 Å². The van der Waals surface area contributed by atoms with E-state index in [4.69, 9.17) is 10.2 Å². The summed E-state index contributed by atoms with van der Waals surface area (Å²) in [5.41, 5.74) is 0.307. The van der Waals surface area contributed by atoms with Gasteiger partial charge < -0.3 is 10.2 Å². The molecule has 2 N–H and O–H groups in total. The zero-order valence-electron chi connectivity index (χ0n) is 7.94. The lowest BCUT2D eigenvalue weighted by molar-refractivity contribution is 0.0693. The molecular formula is C10H11BrO3S. The zero-order valence-corrected chi connectivity index (χ0v) is 10.3. The summed E-state index contributed by atoms with van der Waals surface area (Å²) in [6, 6.07) is 5.07. The van der Waals surface area contributed by atoms with Gasteiger partial charge in [0.05, 0.1) is 5.56 Å². The van der Waals surface area contributed by atoms with Crippen LogP contribution in [0.25, 0.3) is 0 Å². The molecule has 15 heavy (non-hydrogen) atoms. The van der Waals surface area contributed by atoms with Crippen LogP contribution in [0.5, 0.6) is 0 Å². The predicted molar refractivity (Wildman–Crippen MR) is 63.5 cm³/mol. The predicted octanol–water partition coefficient (Wildman–Crippen LogP) is 2.62. The van der Waals surface area contributed by atoms with Crippen LogP contribution in [0, 0.1) is 0 Å². The number of hydrogen-bond donors (Lipinski definition) is 2. The van der Waals surface area contributed by atoms with Crippen molar-refractivity contribution in [3.05, 3.63) is 28.2 Å². The first-order valence-corrected chi connectivity index (χ1v) is 6.19. The van der Waals surface area contributed by atoms with Crippen LogP contribution in [0.1, 0.15) is 16.8 Å². The maximum absolute atomic E-state index is 10.9. The standard InChI is InChI=1S/C10H11BrO3S/c11-7-2-3-8(10(13)14)9(6-7)15-5-1-4-12/h2-3,6,12H,1,4-5H2,(H,13,14). The lowest BCUT2D eigenvalue weighted by atomic mass is 10.2. The second-order valence-electron chi connectivity index (χ2n) is 2.87. The fourth-order valence-electron chi connectivity index (χ4n) is 1.04. The number of thioether (sulfide) groups is 1.